The Labute approximate surface area is 128 Å². The third-order valence-corrected chi connectivity index (χ3v) is 3.34. The minimum Gasteiger partial charge on any atom is -0.466 e. The first-order valence-electron chi connectivity index (χ1n) is 6.88. The van der Waals surface area contributed by atoms with E-state index < -0.39 is 0 Å². The maximum absolute atomic E-state index is 13.6. The third kappa shape index (κ3) is 4.00. The predicted molar refractivity (Wildman–Crippen MR) is 79.9 cm³/mol. The monoisotopic (exact) mass is 303 g/mol. The number of hydrogen-bond donors (Lipinski definition) is 0. The molecule has 5 nitrogen and oxygen atoms in total. The second-order valence-electron chi connectivity index (χ2n) is 5.08. The van der Waals surface area contributed by atoms with Crippen LogP contribution in [0.25, 0.3) is 0 Å². The van der Waals surface area contributed by atoms with Crippen molar-refractivity contribution in [2.45, 2.75) is 20.4 Å². The highest BCUT2D eigenvalue weighted by Crippen LogP contribution is 2.11. The Morgan fingerprint density at radius 3 is 2.68 bits per heavy atom. The SMILES string of the molecule is Cc1cc(OCC(=O)N(C)Cc2ccccc2F)nnc1C. The molecule has 0 bridgehead atoms. The number of carbonyl (C=O) groups is 1. The molecule has 116 valence electrons. The summed E-state index contributed by atoms with van der Waals surface area (Å²) in [6, 6.07) is 8.09. The smallest absolute Gasteiger partial charge is 0.260 e. The van der Waals surface area contributed by atoms with Crippen molar-refractivity contribution in [3.05, 3.63) is 53.0 Å². The van der Waals surface area contributed by atoms with Gasteiger partial charge >= 0.3 is 0 Å². The van der Waals surface area contributed by atoms with Gasteiger partial charge in [0.2, 0.25) is 5.88 Å². The minimum absolute atomic E-state index is 0.165. The van der Waals surface area contributed by atoms with Gasteiger partial charge in [0.15, 0.2) is 6.61 Å². The number of aryl methyl sites for hydroxylation is 2. The number of carbonyl (C=O) groups excluding carboxylic acids is 1. The Kier molecular flexibility index (Phi) is 5.04. The lowest BCUT2D eigenvalue weighted by molar-refractivity contribution is -0.132. The largest absolute Gasteiger partial charge is 0.466 e. The number of likely N-dealkylation sites (N-methyl/N-ethyl adjacent to an activating group) is 1. The summed E-state index contributed by atoms with van der Waals surface area (Å²) in [6.45, 7) is 3.76. The van der Waals surface area contributed by atoms with E-state index >= 15 is 0 Å². The Morgan fingerprint density at radius 2 is 2.00 bits per heavy atom. The molecule has 1 aromatic heterocycles. The van der Waals surface area contributed by atoms with Crippen LogP contribution in [0.15, 0.2) is 30.3 Å². The molecule has 0 saturated carbocycles. The van der Waals surface area contributed by atoms with Crippen LogP contribution in [0.1, 0.15) is 16.8 Å². The van der Waals surface area contributed by atoms with Crippen LogP contribution >= 0.6 is 0 Å². The summed E-state index contributed by atoms with van der Waals surface area (Å²) < 4.78 is 18.9. The quantitative estimate of drug-likeness (QED) is 0.850. The highest BCUT2D eigenvalue weighted by Gasteiger charge is 2.13. The molecule has 2 aromatic rings. The molecule has 0 aliphatic rings. The van der Waals surface area contributed by atoms with Gasteiger partial charge in [-0.3, -0.25) is 4.79 Å². The molecule has 0 fully saturated rings. The average molecular weight is 303 g/mol. The van der Waals surface area contributed by atoms with Crippen LogP contribution in [0.4, 0.5) is 4.39 Å². The molecule has 1 amide bonds. The van der Waals surface area contributed by atoms with Gasteiger partial charge in [0, 0.05) is 25.2 Å². The van der Waals surface area contributed by atoms with Crippen LogP contribution in [0.3, 0.4) is 0 Å². The normalized spacial score (nSPS) is 10.4. The summed E-state index contributed by atoms with van der Waals surface area (Å²) >= 11 is 0. The van der Waals surface area contributed by atoms with Gasteiger partial charge in [0.1, 0.15) is 5.82 Å². The third-order valence-electron chi connectivity index (χ3n) is 3.34. The Bertz CT molecular complexity index is 676. The van der Waals surface area contributed by atoms with Crippen molar-refractivity contribution in [2.24, 2.45) is 0 Å². The lowest BCUT2D eigenvalue weighted by atomic mass is 10.2. The van der Waals surface area contributed by atoms with E-state index in [1.54, 1.807) is 31.3 Å². The molecule has 0 aliphatic heterocycles. The van der Waals surface area contributed by atoms with Gasteiger partial charge in [0.05, 0.1) is 5.69 Å². The highest BCUT2D eigenvalue weighted by molar-refractivity contribution is 5.77. The molecule has 22 heavy (non-hydrogen) atoms. The molecule has 1 heterocycles. The van der Waals surface area contributed by atoms with Gasteiger partial charge in [-0.25, -0.2) is 4.39 Å². The van der Waals surface area contributed by atoms with Gasteiger partial charge in [-0.05, 0) is 25.5 Å². The van der Waals surface area contributed by atoms with Crippen molar-refractivity contribution >= 4 is 5.91 Å². The van der Waals surface area contributed by atoms with Gasteiger partial charge in [-0.2, -0.15) is 5.10 Å². The van der Waals surface area contributed by atoms with E-state index in [2.05, 4.69) is 10.2 Å². The molecule has 6 heteroatoms. The lowest BCUT2D eigenvalue weighted by Crippen LogP contribution is -2.31. The fourth-order valence-corrected chi connectivity index (χ4v) is 1.81. The van der Waals surface area contributed by atoms with Gasteiger partial charge in [-0.15, -0.1) is 5.10 Å². The topological polar surface area (TPSA) is 55.3 Å². The number of hydrogen-bond acceptors (Lipinski definition) is 4. The van der Waals surface area contributed by atoms with Gasteiger partial charge in [0.25, 0.3) is 5.91 Å². The van der Waals surface area contributed by atoms with E-state index in [1.807, 2.05) is 13.8 Å². The molecule has 2 rings (SSSR count). The maximum Gasteiger partial charge on any atom is 0.260 e. The maximum atomic E-state index is 13.6. The summed E-state index contributed by atoms with van der Waals surface area (Å²) in [4.78, 5) is 13.4. The first-order valence-corrected chi connectivity index (χ1v) is 6.88. The average Bonchev–Trinajstić information content (AvgIpc) is 2.50. The number of amides is 1. The summed E-state index contributed by atoms with van der Waals surface area (Å²) in [6.07, 6.45) is 0. The molecule has 0 atom stereocenters. The van der Waals surface area contributed by atoms with Crippen LogP contribution in [0, 0.1) is 19.7 Å². The first-order chi connectivity index (χ1) is 10.5. The molecular weight excluding hydrogens is 285 g/mol. The van der Waals surface area contributed by atoms with E-state index in [4.69, 9.17) is 4.74 Å². The zero-order valence-electron chi connectivity index (χ0n) is 12.8. The number of ether oxygens (including phenoxy) is 1. The zero-order chi connectivity index (χ0) is 16.1. The van der Waals surface area contributed by atoms with Crippen molar-refractivity contribution in [2.75, 3.05) is 13.7 Å². The number of rotatable bonds is 5. The van der Waals surface area contributed by atoms with Crippen LogP contribution in [0.2, 0.25) is 0 Å². The van der Waals surface area contributed by atoms with Crippen molar-refractivity contribution < 1.29 is 13.9 Å². The lowest BCUT2D eigenvalue weighted by Gasteiger charge is -2.17. The van der Waals surface area contributed by atoms with Crippen molar-refractivity contribution in [1.82, 2.24) is 15.1 Å². The highest BCUT2D eigenvalue weighted by atomic mass is 19.1. The number of aromatic nitrogens is 2. The fourth-order valence-electron chi connectivity index (χ4n) is 1.81. The summed E-state index contributed by atoms with van der Waals surface area (Å²) in [5.41, 5.74) is 2.22. The number of benzene rings is 1. The first kappa shape index (κ1) is 15.9. The van der Waals surface area contributed by atoms with E-state index in [0.717, 1.165) is 11.3 Å². The van der Waals surface area contributed by atoms with E-state index in [1.165, 1.54) is 11.0 Å². The van der Waals surface area contributed by atoms with Crippen LogP contribution in [-0.2, 0) is 11.3 Å². The van der Waals surface area contributed by atoms with Crippen LogP contribution in [-0.4, -0.2) is 34.7 Å². The molecule has 0 unspecified atom stereocenters. The Balaban J connectivity index is 1.91. The minimum atomic E-state index is -0.330. The summed E-state index contributed by atoms with van der Waals surface area (Å²) in [7, 11) is 1.60. The second-order valence-corrected chi connectivity index (χ2v) is 5.08. The second kappa shape index (κ2) is 6.98. The Hall–Kier alpha value is -2.50. The molecule has 0 radical (unpaired) electrons. The van der Waals surface area contributed by atoms with Gasteiger partial charge < -0.3 is 9.64 Å². The fraction of sp³-hybridized carbons (Fsp3) is 0.312. The number of nitrogens with zero attached hydrogens (tertiary/aromatic N) is 3. The summed E-state index contributed by atoms with van der Waals surface area (Å²) in [5, 5.41) is 7.80. The summed E-state index contributed by atoms with van der Waals surface area (Å²) in [5.74, 6) is -0.290. The van der Waals surface area contributed by atoms with E-state index in [-0.39, 0.29) is 24.9 Å². The van der Waals surface area contributed by atoms with Crippen molar-refractivity contribution in [1.29, 1.82) is 0 Å². The Morgan fingerprint density at radius 1 is 1.27 bits per heavy atom. The van der Waals surface area contributed by atoms with E-state index in [0.29, 0.717) is 11.4 Å². The molecule has 0 N–H and O–H groups in total. The molecule has 0 aliphatic carbocycles. The number of halogens is 1. The molecular formula is C16H18FN3O2. The van der Waals surface area contributed by atoms with E-state index in [9.17, 15) is 9.18 Å². The predicted octanol–water partition coefficient (Wildman–Crippen LogP) is 2.27. The van der Waals surface area contributed by atoms with Crippen molar-refractivity contribution in [3.8, 4) is 5.88 Å². The molecule has 1 aromatic carbocycles. The zero-order valence-corrected chi connectivity index (χ0v) is 12.8. The van der Waals surface area contributed by atoms with Crippen molar-refractivity contribution in [3.63, 3.8) is 0 Å². The van der Waals surface area contributed by atoms with Crippen LogP contribution < -0.4 is 4.74 Å². The molecule has 0 saturated heterocycles. The van der Waals surface area contributed by atoms with Gasteiger partial charge in [-0.1, -0.05) is 18.2 Å². The van der Waals surface area contributed by atoms with Crippen LogP contribution in [0.5, 0.6) is 5.88 Å². The standard InChI is InChI=1S/C16H18FN3O2/c1-11-8-15(19-18-12(11)2)22-10-16(21)20(3)9-13-6-4-5-7-14(13)17/h4-8H,9-10H2,1-3H3. The molecule has 0 spiro atoms.